The van der Waals surface area contributed by atoms with Crippen LogP contribution in [0.4, 0.5) is 5.69 Å². The van der Waals surface area contributed by atoms with Gasteiger partial charge in [0, 0.05) is 57.1 Å². The van der Waals surface area contributed by atoms with E-state index in [1.165, 1.54) is 11.3 Å². The van der Waals surface area contributed by atoms with E-state index < -0.39 is 0 Å². The monoisotopic (exact) mass is 403 g/mol. The zero-order chi connectivity index (χ0) is 20.3. The summed E-state index contributed by atoms with van der Waals surface area (Å²) in [7, 11) is 5.28. The third-order valence-electron chi connectivity index (χ3n) is 5.35. The number of anilines is 1. The van der Waals surface area contributed by atoms with Crippen LogP contribution in [0.2, 0.25) is 0 Å². The van der Waals surface area contributed by atoms with Gasteiger partial charge < -0.3 is 19.7 Å². The molecule has 2 aromatic rings. The van der Waals surface area contributed by atoms with Crippen molar-refractivity contribution in [3.8, 4) is 11.5 Å². The fourth-order valence-electron chi connectivity index (χ4n) is 3.48. The molecule has 1 aliphatic heterocycles. The molecule has 1 saturated heterocycles. The minimum absolute atomic E-state index is 0.711. The van der Waals surface area contributed by atoms with Crippen molar-refractivity contribution in [1.29, 1.82) is 0 Å². The summed E-state index contributed by atoms with van der Waals surface area (Å²) in [5.74, 6) is 1.46. The second-order valence-corrected chi connectivity index (χ2v) is 7.42. The predicted octanol–water partition coefficient (Wildman–Crippen LogP) is 2.57. The molecule has 1 aromatic heterocycles. The number of piperazine rings is 1. The van der Waals surface area contributed by atoms with Crippen LogP contribution in [0.5, 0.6) is 11.5 Å². The number of nitrogens with zero attached hydrogens (tertiary/aromatic N) is 4. The Morgan fingerprint density at radius 2 is 1.86 bits per heavy atom. The molecule has 1 N–H and O–H groups in total. The Morgan fingerprint density at radius 3 is 2.43 bits per heavy atom. The summed E-state index contributed by atoms with van der Waals surface area (Å²) in [6.07, 6.45) is 0. The van der Waals surface area contributed by atoms with Crippen molar-refractivity contribution in [2.24, 2.45) is 7.05 Å². The molecule has 7 nitrogen and oxygen atoms in total. The highest BCUT2D eigenvalue weighted by Gasteiger charge is 2.21. The molecule has 0 radical (unpaired) electrons. The number of hydrogen-bond donors (Lipinski definition) is 1. The SMILES string of the molecule is COc1ccc(NC(=S)N2CCN(Cc3c(C)nn(C)c3C)CC2)c(OC)c1. The molecule has 1 aliphatic rings. The number of ether oxygens (including phenoxy) is 2. The van der Waals surface area contributed by atoms with Gasteiger partial charge in [-0.05, 0) is 38.2 Å². The molecule has 0 aliphatic carbocycles. The zero-order valence-corrected chi connectivity index (χ0v) is 18.1. The van der Waals surface area contributed by atoms with Gasteiger partial charge in [0.1, 0.15) is 11.5 Å². The van der Waals surface area contributed by atoms with E-state index in [0.29, 0.717) is 5.75 Å². The molecule has 8 heteroatoms. The van der Waals surface area contributed by atoms with E-state index in [1.54, 1.807) is 14.2 Å². The Morgan fingerprint density at radius 1 is 1.14 bits per heavy atom. The van der Waals surface area contributed by atoms with Crippen LogP contribution in [0.15, 0.2) is 18.2 Å². The maximum absolute atomic E-state index is 5.63. The van der Waals surface area contributed by atoms with E-state index in [9.17, 15) is 0 Å². The maximum Gasteiger partial charge on any atom is 0.173 e. The predicted molar refractivity (Wildman–Crippen MR) is 115 cm³/mol. The Bertz CT molecular complexity index is 843. The van der Waals surface area contributed by atoms with Crippen molar-refractivity contribution < 1.29 is 9.47 Å². The molecule has 3 rings (SSSR count). The van der Waals surface area contributed by atoms with E-state index in [2.05, 4.69) is 34.1 Å². The highest BCUT2D eigenvalue weighted by molar-refractivity contribution is 7.80. The van der Waals surface area contributed by atoms with Crippen LogP contribution in [-0.4, -0.2) is 65.1 Å². The molecule has 2 heterocycles. The van der Waals surface area contributed by atoms with Crippen LogP contribution >= 0.6 is 12.2 Å². The van der Waals surface area contributed by atoms with E-state index >= 15 is 0 Å². The van der Waals surface area contributed by atoms with Crippen LogP contribution in [-0.2, 0) is 13.6 Å². The van der Waals surface area contributed by atoms with Crippen molar-refractivity contribution in [2.45, 2.75) is 20.4 Å². The van der Waals surface area contributed by atoms with Crippen molar-refractivity contribution >= 4 is 23.0 Å². The number of rotatable bonds is 5. The molecule has 0 unspecified atom stereocenters. The van der Waals surface area contributed by atoms with Gasteiger partial charge in [0.25, 0.3) is 0 Å². The standard InChI is InChI=1S/C20H29N5O2S/c1-14-17(15(2)23(3)22-14)13-24-8-10-25(11-9-24)20(28)21-18-7-6-16(26-4)12-19(18)27-5/h6-7,12H,8-11,13H2,1-5H3,(H,21,28). The molecule has 1 fully saturated rings. The normalized spacial score (nSPS) is 14.8. The van der Waals surface area contributed by atoms with Gasteiger partial charge in [-0.25, -0.2) is 0 Å². The summed E-state index contributed by atoms with van der Waals surface area (Å²) >= 11 is 5.63. The fourth-order valence-corrected chi connectivity index (χ4v) is 3.77. The van der Waals surface area contributed by atoms with Gasteiger partial charge in [-0.15, -0.1) is 0 Å². The number of aromatic nitrogens is 2. The average molecular weight is 404 g/mol. The average Bonchev–Trinajstić information content (AvgIpc) is 2.94. The summed E-state index contributed by atoms with van der Waals surface area (Å²) in [6.45, 7) is 8.87. The van der Waals surface area contributed by atoms with Gasteiger partial charge in [-0.3, -0.25) is 9.58 Å². The van der Waals surface area contributed by atoms with Gasteiger partial charge in [-0.2, -0.15) is 5.10 Å². The molecular formula is C20H29N5O2S. The smallest absolute Gasteiger partial charge is 0.173 e. The molecule has 0 amide bonds. The number of nitrogens with one attached hydrogen (secondary N) is 1. The molecule has 0 saturated carbocycles. The van der Waals surface area contributed by atoms with Crippen molar-refractivity contribution in [2.75, 3.05) is 45.7 Å². The van der Waals surface area contributed by atoms with Crippen LogP contribution in [0, 0.1) is 13.8 Å². The van der Waals surface area contributed by atoms with Crippen LogP contribution in [0.1, 0.15) is 17.0 Å². The third-order valence-corrected chi connectivity index (χ3v) is 5.71. The molecule has 0 spiro atoms. The summed E-state index contributed by atoms with van der Waals surface area (Å²) in [5, 5.41) is 8.56. The largest absolute Gasteiger partial charge is 0.497 e. The summed E-state index contributed by atoms with van der Waals surface area (Å²) in [5.41, 5.74) is 4.53. The van der Waals surface area contributed by atoms with Crippen LogP contribution < -0.4 is 14.8 Å². The highest BCUT2D eigenvalue weighted by atomic mass is 32.1. The fraction of sp³-hybridized carbons (Fsp3) is 0.500. The lowest BCUT2D eigenvalue weighted by atomic mass is 10.1. The quantitative estimate of drug-likeness (QED) is 0.770. The topological polar surface area (TPSA) is 54.8 Å². The Balaban J connectivity index is 1.57. The highest BCUT2D eigenvalue weighted by Crippen LogP contribution is 2.29. The van der Waals surface area contributed by atoms with Gasteiger partial charge in [-0.1, -0.05) is 0 Å². The minimum Gasteiger partial charge on any atom is -0.497 e. The number of benzene rings is 1. The van der Waals surface area contributed by atoms with Gasteiger partial charge in [0.15, 0.2) is 5.11 Å². The van der Waals surface area contributed by atoms with Crippen molar-refractivity contribution in [1.82, 2.24) is 19.6 Å². The van der Waals surface area contributed by atoms with E-state index in [1.807, 2.05) is 29.9 Å². The Kier molecular flexibility index (Phi) is 6.41. The first-order valence-corrected chi connectivity index (χ1v) is 9.83. The lowest BCUT2D eigenvalue weighted by Crippen LogP contribution is -2.49. The first-order chi connectivity index (χ1) is 13.4. The second kappa shape index (κ2) is 8.79. The lowest BCUT2D eigenvalue weighted by molar-refractivity contribution is 0.176. The maximum atomic E-state index is 5.63. The second-order valence-electron chi connectivity index (χ2n) is 7.03. The Hall–Kier alpha value is -2.32. The van der Waals surface area contributed by atoms with Gasteiger partial charge in [0.05, 0.1) is 25.6 Å². The van der Waals surface area contributed by atoms with Crippen molar-refractivity contribution in [3.63, 3.8) is 0 Å². The summed E-state index contributed by atoms with van der Waals surface area (Å²) in [6, 6.07) is 5.67. The summed E-state index contributed by atoms with van der Waals surface area (Å²) in [4.78, 5) is 4.67. The first-order valence-electron chi connectivity index (χ1n) is 9.42. The molecular weight excluding hydrogens is 374 g/mol. The number of hydrogen-bond acceptors (Lipinski definition) is 5. The van der Waals surface area contributed by atoms with Gasteiger partial charge in [0.2, 0.25) is 0 Å². The van der Waals surface area contributed by atoms with Gasteiger partial charge >= 0.3 is 0 Å². The third kappa shape index (κ3) is 4.39. The molecule has 0 atom stereocenters. The van der Waals surface area contributed by atoms with E-state index in [0.717, 1.165) is 55.0 Å². The lowest BCUT2D eigenvalue weighted by Gasteiger charge is -2.36. The molecule has 0 bridgehead atoms. The molecule has 28 heavy (non-hydrogen) atoms. The van der Waals surface area contributed by atoms with E-state index in [-0.39, 0.29) is 0 Å². The summed E-state index contributed by atoms with van der Waals surface area (Å²) < 4.78 is 12.7. The van der Waals surface area contributed by atoms with Crippen LogP contribution in [0.25, 0.3) is 0 Å². The number of aryl methyl sites for hydroxylation is 2. The number of thiocarbonyl (C=S) groups is 1. The van der Waals surface area contributed by atoms with Crippen molar-refractivity contribution in [3.05, 3.63) is 35.2 Å². The van der Waals surface area contributed by atoms with Crippen LogP contribution in [0.3, 0.4) is 0 Å². The molecule has 152 valence electrons. The molecule has 1 aromatic carbocycles. The van der Waals surface area contributed by atoms with E-state index in [4.69, 9.17) is 21.7 Å². The zero-order valence-electron chi connectivity index (χ0n) is 17.3. The number of methoxy groups -OCH3 is 2. The first kappa shape index (κ1) is 20.4. The Labute approximate surface area is 172 Å². The minimum atomic E-state index is 0.711.